The first-order valence-electron chi connectivity index (χ1n) is 3.65. The second-order valence-electron chi connectivity index (χ2n) is 2.57. The molecule has 0 amide bonds. The molecule has 7 nitrogen and oxygen atoms in total. The number of amidine groups is 1. The van der Waals surface area contributed by atoms with Crippen LogP contribution in [0.1, 0.15) is 11.3 Å². The number of nitrogens with two attached hydrogens (primary N) is 1. The number of hydrogen-bond acceptors (Lipinski definition) is 5. The Balaban J connectivity index is 3.26. The van der Waals surface area contributed by atoms with Gasteiger partial charge in [0, 0.05) is 17.8 Å². The van der Waals surface area contributed by atoms with E-state index in [0.29, 0.717) is 0 Å². The van der Waals surface area contributed by atoms with Crippen molar-refractivity contribution in [3.8, 4) is 0 Å². The Morgan fingerprint density at radius 1 is 1.79 bits per heavy atom. The van der Waals surface area contributed by atoms with Crippen LogP contribution in [0, 0.1) is 17.0 Å². The van der Waals surface area contributed by atoms with Gasteiger partial charge in [-0.1, -0.05) is 5.16 Å². The van der Waals surface area contributed by atoms with Gasteiger partial charge in [-0.2, -0.15) is 0 Å². The van der Waals surface area contributed by atoms with Crippen molar-refractivity contribution < 1.29 is 10.1 Å². The zero-order valence-corrected chi connectivity index (χ0v) is 7.34. The number of aromatic nitrogens is 1. The van der Waals surface area contributed by atoms with Crippen LogP contribution in [0.5, 0.6) is 0 Å². The highest BCUT2D eigenvalue weighted by molar-refractivity contribution is 5.97. The van der Waals surface area contributed by atoms with Crippen LogP contribution >= 0.6 is 0 Å². The molecule has 0 aliphatic heterocycles. The van der Waals surface area contributed by atoms with Crippen LogP contribution < -0.4 is 5.73 Å². The molecule has 1 rings (SSSR count). The summed E-state index contributed by atoms with van der Waals surface area (Å²) in [6, 6.07) is 1.21. The van der Waals surface area contributed by atoms with Gasteiger partial charge in [0.1, 0.15) is 5.69 Å². The van der Waals surface area contributed by atoms with Gasteiger partial charge < -0.3 is 10.9 Å². The Hall–Kier alpha value is -2.18. The van der Waals surface area contributed by atoms with Crippen molar-refractivity contribution in [3.05, 3.63) is 33.6 Å². The van der Waals surface area contributed by atoms with E-state index >= 15 is 0 Å². The number of hydrogen-bond donors (Lipinski definition) is 2. The molecular formula is C7H8N4O3. The molecule has 0 fully saturated rings. The summed E-state index contributed by atoms with van der Waals surface area (Å²) in [5.41, 5.74) is 5.59. The lowest BCUT2D eigenvalue weighted by Crippen LogP contribution is -2.14. The lowest BCUT2D eigenvalue weighted by Gasteiger charge is -1.99. The zero-order chi connectivity index (χ0) is 10.7. The van der Waals surface area contributed by atoms with Gasteiger partial charge in [0.05, 0.1) is 4.92 Å². The molecule has 0 saturated carbocycles. The Kier molecular flexibility index (Phi) is 2.61. The molecule has 0 unspecified atom stereocenters. The first-order valence-corrected chi connectivity index (χ1v) is 3.65. The highest BCUT2D eigenvalue weighted by atomic mass is 16.6. The summed E-state index contributed by atoms with van der Waals surface area (Å²) in [4.78, 5) is 13.7. The van der Waals surface area contributed by atoms with Crippen LogP contribution in [0.25, 0.3) is 0 Å². The molecule has 0 saturated heterocycles. The maximum Gasteiger partial charge on any atom is 0.291 e. The summed E-state index contributed by atoms with van der Waals surface area (Å²) >= 11 is 0. The first-order chi connectivity index (χ1) is 6.56. The molecule has 0 aliphatic carbocycles. The zero-order valence-electron chi connectivity index (χ0n) is 7.34. The van der Waals surface area contributed by atoms with Gasteiger partial charge in [0.25, 0.3) is 5.69 Å². The van der Waals surface area contributed by atoms with Crippen LogP contribution in [0.3, 0.4) is 0 Å². The minimum atomic E-state index is -0.573. The molecular weight excluding hydrogens is 188 g/mol. The van der Waals surface area contributed by atoms with Crippen LogP contribution in [0.2, 0.25) is 0 Å². The van der Waals surface area contributed by atoms with Gasteiger partial charge in [-0.3, -0.25) is 15.1 Å². The van der Waals surface area contributed by atoms with E-state index in [1.165, 1.54) is 19.2 Å². The monoisotopic (exact) mass is 196 g/mol. The molecule has 14 heavy (non-hydrogen) atoms. The third-order valence-electron chi connectivity index (χ3n) is 1.66. The Labute approximate surface area is 79.0 Å². The lowest BCUT2D eigenvalue weighted by molar-refractivity contribution is -0.385. The fraction of sp³-hybridized carbons (Fsp3) is 0.143. The fourth-order valence-corrected chi connectivity index (χ4v) is 0.904. The summed E-state index contributed by atoms with van der Waals surface area (Å²) in [6.45, 7) is 1.51. The van der Waals surface area contributed by atoms with Gasteiger partial charge >= 0.3 is 0 Å². The van der Waals surface area contributed by atoms with Crippen LogP contribution in [-0.4, -0.2) is 21.0 Å². The number of aryl methyl sites for hydroxylation is 1. The molecule has 0 bridgehead atoms. The van der Waals surface area contributed by atoms with Crippen molar-refractivity contribution in [1.82, 2.24) is 4.98 Å². The highest BCUT2D eigenvalue weighted by Crippen LogP contribution is 2.16. The van der Waals surface area contributed by atoms with Crippen molar-refractivity contribution in [1.29, 1.82) is 0 Å². The molecule has 1 heterocycles. The number of oxime groups is 1. The van der Waals surface area contributed by atoms with Crippen LogP contribution in [0.4, 0.5) is 5.69 Å². The maximum atomic E-state index is 10.5. The predicted molar refractivity (Wildman–Crippen MR) is 48.1 cm³/mol. The van der Waals surface area contributed by atoms with E-state index in [2.05, 4.69) is 10.1 Å². The minimum Gasteiger partial charge on any atom is -0.409 e. The molecule has 0 radical (unpaired) electrons. The van der Waals surface area contributed by atoms with Crippen LogP contribution in [0.15, 0.2) is 17.4 Å². The van der Waals surface area contributed by atoms with Crippen molar-refractivity contribution in [2.75, 3.05) is 0 Å². The average Bonchev–Trinajstić information content (AvgIpc) is 2.17. The van der Waals surface area contributed by atoms with E-state index in [1.54, 1.807) is 0 Å². The largest absolute Gasteiger partial charge is 0.409 e. The quantitative estimate of drug-likeness (QED) is 0.233. The van der Waals surface area contributed by atoms with E-state index in [9.17, 15) is 10.1 Å². The van der Waals surface area contributed by atoms with Crippen LogP contribution in [-0.2, 0) is 0 Å². The maximum absolute atomic E-state index is 10.5. The normalized spacial score (nSPS) is 11.4. The SMILES string of the molecule is Cc1ncc(/C(N)=N/O)cc1[N+](=O)[O-]. The summed E-state index contributed by atoms with van der Waals surface area (Å²) in [7, 11) is 0. The summed E-state index contributed by atoms with van der Waals surface area (Å²) in [5.74, 6) is -0.208. The summed E-state index contributed by atoms with van der Waals surface area (Å²) in [6.07, 6.45) is 1.30. The standard InChI is InChI=1S/C7H8N4O3/c1-4-6(11(13)14)2-5(3-9-4)7(8)10-12/h2-3,12H,1H3,(H2,8,10). The van der Waals surface area contributed by atoms with Gasteiger partial charge in [0.2, 0.25) is 0 Å². The number of rotatable bonds is 2. The first kappa shape index (κ1) is 9.90. The van der Waals surface area contributed by atoms with Crippen molar-refractivity contribution in [2.24, 2.45) is 10.9 Å². The molecule has 7 heteroatoms. The third kappa shape index (κ3) is 1.76. The van der Waals surface area contributed by atoms with Gasteiger partial charge in [-0.05, 0) is 6.92 Å². The number of nitro groups is 1. The molecule has 0 atom stereocenters. The van der Waals surface area contributed by atoms with E-state index in [4.69, 9.17) is 10.9 Å². The molecule has 0 spiro atoms. The van der Waals surface area contributed by atoms with E-state index in [1.807, 2.05) is 0 Å². The second-order valence-corrected chi connectivity index (χ2v) is 2.57. The van der Waals surface area contributed by atoms with E-state index in [-0.39, 0.29) is 22.8 Å². The molecule has 3 N–H and O–H groups in total. The Morgan fingerprint density at radius 2 is 2.43 bits per heavy atom. The van der Waals surface area contributed by atoms with Crippen molar-refractivity contribution >= 4 is 11.5 Å². The van der Waals surface area contributed by atoms with Gasteiger partial charge in [-0.15, -0.1) is 0 Å². The van der Waals surface area contributed by atoms with E-state index in [0.717, 1.165) is 0 Å². The molecule has 0 aromatic carbocycles. The predicted octanol–water partition coefficient (Wildman–Crippen LogP) is 0.393. The minimum absolute atomic E-state index is 0.158. The Bertz CT molecular complexity index is 402. The topological polar surface area (TPSA) is 115 Å². The van der Waals surface area contributed by atoms with Crippen molar-refractivity contribution in [3.63, 3.8) is 0 Å². The summed E-state index contributed by atoms with van der Waals surface area (Å²) < 4.78 is 0. The molecule has 1 aromatic rings. The number of nitrogens with zero attached hydrogens (tertiary/aromatic N) is 3. The highest BCUT2D eigenvalue weighted by Gasteiger charge is 2.13. The molecule has 1 aromatic heterocycles. The molecule has 74 valence electrons. The van der Waals surface area contributed by atoms with Gasteiger partial charge in [0.15, 0.2) is 5.84 Å². The van der Waals surface area contributed by atoms with Crippen molar-refractivity contribution in [2.45, 2.75) is 6.92 Å². The average molecular weight is 196 g/mol. The third-order valence-corrected chi connectivity index (χ3v) is 1.66. The fourth-order valence-electron chi connectivity index (χ4n) is 0.904. The second kappa shape index (κ2) is 3.69. The summed E-state index contributed by atoms with van der Waals surface area (Å²) in [5, 5.41) is 21.6. The van der Waals surface area contributed by atoms with E-state index < -0.39 is 4.92 Å². The smallest absolute Gasteiger partial charge is 0.291 e. The lowest BCUT2D eigenvalue weighted by atomic mass is 10.2. The number of pyridine rings is 1. The molecule has 0 aliphatic rings. The Morgan fingerprint density at radius 3 is 2.93 bits per heavy atom. The van der Waals surface area contributed by atoms with Gasteiger partial charge in [-0.25, -0.2) is 0 Å².